The molecule has 0 radical (unpaired) electrons. The summed E-state index contributed by atoms with van der Waals surface area (Å²) in [6.45, 7) is 3.99. The highest BCUT2D eigenvalue weighted by atomic mass is 32.2. The number of amides is 1. The van der Waals surface area contributed by atoms with Crippen molar-refractivity contribution in [1.82, 2.24) is 14.9 Å². The Morgan fingerprint density at radius 3 is 2.87 bits per heavy atom. The first-order valence-corrected chi connectivity index (χ1v) is 8.14. The third-order valence-corrected chi connectivity index (χ3v) is 4.85. The second-order valence-electron chi connectivity index (χ2n) is 5.37. The van der Waals surface area contributed by atoms with Crippen LogP contribution in [0.1, 0.15) is 18.2 Å². The normalized spacial score (nSPS) is 14.6. The molecule has 2 N–H and O–H groups in total. The van der Waals surface area contributed by atoms with E-state index in [-0.39, 0.29) is 16.8 Å². The Kier molecular flexibility index (Phi) is 4.08. The monoisotopic (exact) mass is 331 g/mol. The van der Waals surface area contributed by atoms with Gasteiger partial charge in [0.1, 0.15) is 5.69 Å². The van der Waals surface area contributed by atoms with Gasteiger partial charge in [-0.2, -0.15) is 4.68 Å². The molecule has 3 rings (SSSR count). The number of para-hydroxylation sites is 1. The highest BCUT2D eigenvalue weighted by Crippen LogP contribution is 2.30. The molecule has 0 spiro atoms. The molecule has 1 aliphatic rings. The lowest BCUT2D eigenvalue weighted by Gasteiger charge is -2.21. The molecule has 1 aliphatic heterocycles. The summed E-state index contributed by atoms with van der Waals surface area (Å²) in [5.41, 5.74) is 1.94. The van der Waals surface area contributed by atoms with E-state index in [0.29, 0.717) is 6.54 Å². The molecule has 2 aromatic rings. The average Bonchev–Trinajstić information content (AvgIpc) is 2.98. The van der Waals surface area contributed by atoms with Crippen LogP contribution >= 0.6 is 11.8 Å². The number of carbonyl (C=O) groups excluding carboxylic acids is 1. The molecular formula is C15H17N5O2S. The van der Waals surface area contributed by atoms with Crippen LogP contribution in [-0.2, 0) is 11.2 Å². The van der Waals surface area contributed by atoms with Gasteiger partial charge in [-0.05, 0) is 31.9 Å². The van der Waals surface area contributed by atoms with Gasteiger partial charge < -0.3 is 10.7 Å². The van der Waals surface area contributed by atoms with Gasteiger partial charge in [0.2, 0.25) is 11.1 Å². The first-order chi connectivity index (χ1) is 11.0. The minimum absolute atomic E-state index is 0.0326. The van der Waals surface area contributed by atoms with Crippen molar-refractivity contribution in [2.24, 2.45) is 0 Å². The predicted octanol–water partition coefficient (Wildman–Crippen LogP) is 0.730. The van der Waals surface area contributed by atoms with Crippen molar-refractivity contribution in [3.05, 3.63) is 45.9 Å². The fraction of sp³-hybridized carbons (Fsp3) is 0.333. The summed E-state index contributed by atoms with van der Waals surface area (Å²) >= 11 is 1.14. The Morgan fingerprint density at radius 2 is 2.09 bits per heavy atom. The molecular weight excluding hydrogens is 314 g/mol. The van der Waals surface area contributed by atoms with Gasteiger partial charge in [0.15, 0.2) is 0 Å². The van der Waals surface area contributed by atoms with Crippen molar-refractivity contribution >= 4 is 23.4 Å². The molecule has 120 valence electrons. The first-order valence-electron chi connectivity index (χ1n) is 7.26. The van der Waals surface area contributed by atoms with Gasteiger partial charge in [-0.3, -0.25) is 9.59 Å². The Labute approximate surface area is 137 Å². The van der Waals surface area contributed by atoms with Crippen LogP contribution in [0.5, 0.6) is 0 Å². The number of benzene rings is 1. The summed E-state index contributed by atoms with van der Waals surface area (Å²) in [4.78, 5) is 26.3. The van der Waals surface area contributed by atoms with Crippen LogP contribution in [0, 0.1) is 6.92 Å². The van der Waals surface area contributed by atoms with Crippen molar-refractivity contribution in [1.29, 1.82) is 0 Å². The minimum Gasteiger partial charge on any atom is -0.334 e. The molecule has 23 heavy (non-hydrogen) atoms. The Hall–Kier alpha value is -2.35. The molecule has 1 aromatic carbocycles. The number of nitrogens with two attached hydrogens (primary N) is 1. The average molecular weight is 331 g/mol. The van der Waals surface area contributed by atoms with E-state index in [4.69, 9.17) is 5.84 Å². The molecule has 8 heteroatoms. The van der Waals surface area contributed by atoms with Gasteiger partial charge in [0.05, 0.1) is 5.25 Å². The topological polar surface area (TPSA) is 94.1 Å². The molecule has 0 fully saturated rings. The van der Waals surface area contributed by atoms with Gasteiger partial charge in [0, 0.05) is 12.2 Å². The van der Waals surface area contributed by atoms with Gasteiger partial charge in [-0.1, -0.05) is 30.0 Å². The fourth-order valence-corrected chi connectivity index (χ4v) is 3.37. The summed E-state index contributed by atoms with van der Waals surface area (Å²) < 4.78 is 0.939. The third kappa shape index (κ3) is 2.81. The highest BCUT2D eigenvalue weighted by molar-refractivity contribution is 8.00. The van der Waals surface area contributed by atoms with E-state index in [1.165, 1.54) is 5.56 Å². The van der Waals surface area contributed by atoms with Crippen LogP contribution in [0.3, 0.4) is 0 Å². The number of fused-ring (bicyclic) bond motifs is 1. The molecule has 0 aliphatic carbocycles. The predicted molar refractivity (Wildman–Crippen MR) is 89.0 cm³/mol. The number of aryl methyl sites for hydroxylation is 1. The number of nitrogen functional groups attached to an aromatic ring is 1. The number of aromatic nitrogens is 3. The zero-order valence-electron chi connectivity index (χ0n) is 12.9. The zero-order chi connectivity index (χ0) is 16.6. The lowest BCUT2D eigenvalue weighted by atomic mass is 10.2. The Bertz CT molecular complexity index is 820. The van der Waals surface area contributed by atoms with E-state index in [1.807, 2.05) is 24.3 Å². The standard InChI is InChI=1S/C15H17N5O2S/c1-9-13(21)20(16)15(18-17-9)23-10(2)14(22)19-8-7-11-5-3-4-6-12(11)19/h3-6,10H,7-8,16H2,1-2H3/t10-/m0/s1. The van der Waals surface area contributed by atoms with Crippen LogP contribution < -0.4 is 16.3 Å². The van der Waals surface area contributed by atoms with Crippen LogP contribution in [0.4, 0.5) is 5.69 Å². The molecule has 1 atom stereocenters. The second kappa shape index (κ2) is 6.04. The largest absolute Gasteiger partial charge is 0.334 e. The molecule has 0 saturated heterocycles. The third-order valence-electron chi connectivity index (χ3n) is 3.80. The van der Waals surface area contributed by atoms with Crippen molar-refractivity contribution in [3.63, 3.8) is 0 Å². The maximum Gasteiger partial charge on any atom is 0.294 e. The molecule has 1 amide bonds. The fourth-order valence-electron chi connectivity index (χ4n) is 2.55. The van der Waals surface area contributed by atoms with Crippen LogP contribution in [0.2, 0.25) is 0 Å². The number of hydrogen-bond acceptors (Lipinski definition) is 6. The van der Waals surface area contributed by atoms with Gasteiger partial charge >= 0.3 is 0 Å². The zero-order valence-corrected chi connectivity index (χ0v) is 13.7. The quantitative estimate of drug-likeness (QED) is 0.658. The second-order valence-corrected chi connectivity index (χ2v) is 6.68. The summed E-state index contributed by atoms with van der Waals surface area (Å²) in [5.74, 6) is 5.69. The number of thioether (sulfide) groups is 1. The summed E-state index contributed by atoms with van der Waals surface area (Å²) in [6, 6.07) is 7.87. The van der Waals surface area contributed by atoms with Crippen LogP contribution in [0.25, 0.3) is 0 Å². The number of carbonyl (C=O) groups is 1. The molecule has 0 unspecified atom stereocenters. The van der Waals surface area contributed by atoms with E-state index in [1.54, 1.807) is 18.7 Å². The molecule has 0 bridgehead atoms. The van der Waals surface area contributed by atoms with Crippen molar-refractivity contribution in [2.45, 2.75) is 30.7 Å². The maximum atomic E-state index is 12.7. The van der Waals surface area contributed by atoms with Crippen molar-refractivity contribution in [3.8, 4) is 0 Å². The SMILES string of the molecule is Cc1nnc(S[C@@H](C)C(=O)N2CCc3ccccc32)n(N)c1=O. The first kappa shape index (κ1) is 15.5. The van der Waals surface area contributed by atoms with E-state index in [0.717, 1.165) is 28.5 Å². The molecule has 0 saturated carbocycles. The minimum atomic E-state index is -0.424. The summed E-state index contributed by atoms with van der Waals surface area (Å²) in [7, 11) is 0. The van der Waals surface area contributed by atoms with E-state index < -0.39 is 10.8 Å². The smallest absolute Gasteiger partial charge is 0.294 e. The summed E-state index contributed by atoms with van der Waals surface area (Å²) in [6.07, 6.45) is 0.852. The van der Waals surface area contributed by atoms with Crippen molar-refractivity contribution < 1.29 is 4.79 Å². The number of rotatable bonds is 3. The number of hydrogen-bond donors (Lipinski definition) is 1. The van der Waals surface area contributed by atoms with Crippen molar-refractivity contribution in [2.75, 3.05) is 17.3 Å². The Morgan fingerprint density at radius 1 is 1.35 bits per heavy atom. The molecule has 7 nitrogen and oxygen atoms in total. The van der Waals surface area contributed by atoms with E-state index in [9.17, 15) is 9.59 Å². The molecule has 2 heterocycles. The lowest BCUT2D eigenvalue weighted by molar-refractivity contribution is -0.117. The number of anilines is 1. The van der Waals surface area contributed by atoms with E-state index >= 15 is 0 Å². The van der Waals surface area contributed by atoms with Gasteiger partial charge in [-0.25, -0.2) is 0 Å². The van der Waals surface area contributed by atoms with Crippen LogP contribution in [0.15, 0.2) is 34.2 Å². The van der Waals surface area contributed by atoms with Gasteiger partial charge in [-0.15, -0.1) is 10.2 Å². The summed E-state index contributed by atoms with van der Waals surface area (Å²) in [5, 5.41) is 7.50. The molecule has 1 aromatic heterocycles. The lowest BCUT2D eigenvalue weighted by Crippen LogP contribution is -2.37. The Balaban J connectivity index is 1.79. The van der Waals surface area contributed by atoms with E-state index in [2.05, 4.69) is 10.2 Å². The maximum absolute atomic E-state index is 12.7. The van der Waals surface area contributed by atoms with Crippen LogP contribution in [-0.4, -0.2) is 32.6 Å². The van der Waals surface area contributed by atoms with Gasteiger partial charge in [0.25, 0.3) is 5.56 Å². The highest BCUT2D eigenvalue weighted by Gasteiger charge is 2.29. The number of nitrogens with zero attached hydrogens (tertiary/aromatic N) is 4.